The molecule has 0 bridgehead atoms. The summed E-state index contributed by atoms with van der Waals surface area (Å²) in [5.74, 6) is 1.00. The fourth-order valence-electron chi connectivity index (χ4n) is 2.52. The molecule has 3 heteroatoms. The van der Waals surface area contributed by atoms with Crippen LogP contribution in [0.4, 0.5) is 5.82 Å². The molecule has 0 aliphatic carbocycles. The molecule has 1 heterocycles. The summed E-state index contributed by atoms with van der Waals surface area (Å²) in [7, 11) is 0. The Kier molecular flexibility index (Phi) is 4.96. The van der Waals surface area contributed by atoms with Crippen LogP contribution in [0.3, 0.4) is 0 Å². The van der Waals surface area contributed by atoms with E-state index in [9.17, 15) is 0 Å². The number of benzene rings is 1. The third-order valence-corrected chi connectivity index (χ3v) is 3.72. The molecule has 1 aromatic carbocycles. The van der Waals surface area contributed by atoms with Gasteiger partial charge >= 0.3 is 0 Å². The first-order valence-electron chi connectivity index (χ1n) is 7.49. The van der Waals surface area contributed by atoms with Crippen LogP contribution in [0.5, 0.6) is 0 Å². The summed E-state index contributed by atoms with van der Waals surface area (Å²) in [6.07, 6.45) is 0. The maximum absolute atomic E-state index is 4.74. The highest BCUT2D eigenvalue weighted by atomic mass is 15.1. The third kappa shape index (κ3) is 3.48. The number of nitrogens with one attached hydrogen (secondary N) is 1. The number of nitrogens with zero attached hydrogens (tertiary/aromatic N) is 2. The van der Waals surface area contributed by atoms with E-state index in [0.29, 0.717) is 6.04 Å². The van der Waals surface area contributed by atoms with Crippen LogP contribution in [0.15, 0.2) is 30.3 Å². The van der Waals surface area contributed by atoms with Crippen molar-refractivity contribution in [2.45, 2.75) is 33.7 Å². The zero-order valence-electron chi connectivity index (χ0n) is 13.0. The third-order valence-electron chi connectivity index (χ3n) is 3.72. The minimum atomic E-state index is 0.391. The summed E-state index contributed by atoms with van der Waals surface area (Å²) in [5, 5.41) is 4.75. The van der Waals surface area contributed by atoms with E-state index >= 15 is 0 Å². The molecule has 2 rings (SSSR count). The van der Waals surface area contributed by atoms with Gasteiger partial charge in [0.25, 0.3) is 0 Å². The molecule has 0 saturated heterocycles. The Balaban J connectivity index is 2.14. The fraction of sp³-hybridized carbons (Fsp3) is 0.471. The molecule has 2 aromatic rings. The van der Waals surface area contributed by atoms with Gasteiger partial charge in [-0.2, -0.15) is 0 Å². The second kappa shape index (κ2) is 6.71. The lowest BCUT2D eigenvalue weighted by Crippen LogP contribution is -2.35. The van der Waals surface area contributed by atoms with Gasteiger partial charge in [0.15, 0.2) is 0 Å². The maximum atomic E-state index is 4.74. The van der Waals surface area contributed by atoms with E-state index < -0.39 is 0 Å². The number of fused-ring (bicyclic) bond motifs is 1. The monoisotopic (exact) mass is 271 g/mol. The zero-order valence-corrected chi connectivity index (χ0v) is 13.0. The summed E-state index contributed by atoms with van der Waals surface area (Å²) in [4.78, 5) is 7.17. The quantitative estimate of drug-likeness (QED) is 0.868. The van der Waals surface area contributed by atoms with Crippen molar-refractivity contribution >= 4 is 16.7 Å². The number of likely N-dealkylation sites (N-methyl/N-ethyl adjacent to an activating group) is 1. The molecule has 0 radical (unpaired) electrons. The lowest BCUT2D eigenvalue weighted by molar-refractivity contribution is 0.294. The van der Waals surface area contributed by atoms with Crippen LogP contribution in [-0.2, 0) is 0 Å². The van der Waals surface area contributed by atoms with E-state index in [1.54, 1.807) is 0 Å². The van der Waals surface area contributed by atoms with Gasteiger partial charge in [0.05, 0.1) is 5.52 Å². The first kappa shape index (κ1) is 14.8. The number of aromatic nitrogens is 1. The van der Waals surface area contributed by atoms with E-state index in [2.05, 4.69) is 62.2 Å². The Morgan fingerprint density at radius 3 is 2.60 bits per heavy atom. The molecular weight excluding hydrogens is 246 g/mol. The fourth-order valence-corrected chi connectivity index (χ4v) is 2.52. The van der Waals surface area contributed by atoms with Gasteiger partial charge in [0, 0.05) is 18.0 Å². The predicted octanol–water partition coefficient (Wildman–Crippen LogP) is 3.69. The van der Waals surface area contributed by atoms with Gasteiger partial charge in [-0.1, -0.05) is 32.0 Å². The lowest BCUT2D eigenvalue weighted by Gasteiger charge is -2.24. The van der Waals surface area contributed by atoms with Crippen molar-refractivity contribution in [3.8, 4) is 0 Å². The van der Waals surface area contributed by atoms with Gasteiger partial charge in [-0.3, -0.25) is 0 Å². The van der Waals surface area contributed by atoms with Gasteiger partial charge < -0.3 is 10.2 Å². The Morgan fingerprint density at radius 2 is 1.90 bits per heavy atom. The number of pyridine rings is 1. The highest BCUT2D eigenvalue weighted by molar-refractivity contribution is 5.81. The molecule has 108 valence electrons. The lowest BCUT2D eigenvalue weighted by atomic mass is 10.1. The van der Waals surface area contributed by atoms with Crippen LogP contribution in [0.1, 0.15) is 26.3 Å². The molecule has 0 spiro atoms. The van der Waals surface area contributed by atoms with E-state index in [4.69, 9.17) is 4.98 Å². The molecule has 0 saturated carbocycles. The van der Waals surface area contributed by atoms with Crippen molar-refractivity contribution < 1.29 is 0 Å². The highest BCUT2D eigenvalue weighted by Crippen LogP contribution is 2.20. The molecule has 0 aliphatic heterocycles. The molecule has 1 aromatic heterocycles. The minimum Gasteiger partial charge on any atom is -0.366 e. The van der Waals surface area contributed by atoms with E-state index in [-0.39, 0.29) is 0 Å². The maximum Gasteiger partial charge on any atom is 0.129 e. The van der Waals surface area contributed by atoms with Crippen LogP contribution in [0.25, 0.3) is 10.9 Å². The normalized spacial score (nSPS) is 12.8. The first-order chi connectivity index (χ1) is 9.63. The van der Waals surface area contributed by atoms with Crippen molar-refractivity contribution in [2.24, 2.45) is 0 Å². The summed E-state index contributed by atoms with van der Waals surface area (Å²) in [6.45, 7) is 12.0. The van der Waals surface area contributed by atoms with Crippen molar-refractivity contribution in [1.82, 2.24) is 9.88 Å². The van der Waals surface area contributed by atoms with Crippen molar-refractivity contribution in [1.29, 1.82) is 0 Å². The minimum absolute atomic E-state index is 0.391. The molecule has 0 aliphatic rings. The highest BCUT2D eigenvalue weighted by Gasteiger charge is 2.10. The molecule has 1 N–H and O–H groups in total. The van der Waals surface area contributed by atoms with Crippen molar-refractivity contribution in [3.05, 3.63) is 35.9 Å². The Morgan fingerprint density at radius 1 is 1.20 bits per heavy atom. The molecule has 20 heavy (non-hydrogen) atoms. The first-order valence-corrected chi connectivity index (χ1v) is 7.49. The molecule has 0 amide bonds. The second-order valence-electron chi connectivity index (χ2n) is 5.38. The van der Waals surface area contributed by atoms with Gasteiger partial charge in [0.2, 0.25) is 0 Å². The molecule has 0 fully saturated rings. The smallest absolute Gasteiger partial charge is 0.129 e. The van der Waals surface area contributed by atoms with Crippen LogP contribution in [0, 0.1) is 6.92 Å². The summed E-state index contributed by atoms with van der Waals surface area (Å²) < 4.78 is 0. The zero-order chi connectivity index (χ0) is 14.5. The number of hydrogen-bond donors (Lipinski definition) is 1. The summed E-state index contributed by atoms with van der Waals surface area (Å²) >= 11 is 0. The van der Waals surface area contributed by atoms with Gasteiger partial charge in [-0.25, -0.2) is 4.98 Å². The van der Waals surface area contributed by atoms with E-state index in [1.165, 1.54) is 10.9 Å². The van der Waals surface area contributed by atoms with Crippen LogP contribution < -0.4 is 5.32 Å². The van der Waals surface area contributed by atoms with Crippen LogP contribution in [-0.4, -0.2) is 35.6 Å². The predicted molar refractivity (Wildman–Crippen MR) is 87.4 cm³/mol. The number of aryl methyl sites for hydroxylation is 1. The molecule has 1 atom stereocenters. The van der Waals surface area contributed by atoms with Crippen LogP contribution >= 0.6 is 0 Å². The summed E-state index contributed by atoms with van der Waals surface area (Å²) in [6, 6.07) is 10.9. The number of rotatable bonds is 6. The second-order valence-corrected chi connectivity index (χ2v) is 5.38. The molecule has 3 nitrogen and oxygen atoms in total. The Bertz CT molecular complexity index is 561. The van der Waals surface area contributed by atoms with Crippen LogP contribution in [0.2, 0.25) is 0 Å². The SMILES string of the molecule is CCN(CC)CC(C)Nc1nc2ccccc2cc1C. The van der Waals surface area contributed by atoms with E-state index in [0.717, 1.165) is 31.0 Å². The van der Waals surface area contributed by atoms with Gasteiger partial charge in [0.1, 0.15) is 5.82 Å². The number of para-hydroxylation sites is 1. The number of hydrogen-bond acceptors (Lipinski definition) is 3. The van der Waals surface area contributed by atoms with Gasteiger partial charge in [-0.15, -0.1) is 0 Å². The van der Waals surface area contributed by atoms with Gasteiger partial charge in [-0.05, 0) is 44.6 Å². The Hall–Kier alpha value is -1.61. The van der Waals surface area contributed by atoms with Crippen molar-refractivity contribution in [2.75, 3.05) is 25.0 Å². The summed E-state index contributed by atoms with van der Waals surface area (Å²) in [5.41, 5.74) is 2.26. The number of anilines is 1. The largest absolute Gasteiger partial charge is 0.366 e. The average molecular weight is 271 g/mol. The Labute approximate surface area is 122 Å². The standard InChI is InChI=1S/C17H25N3/c1-5-20(6-2)12-14(4)18-17-13(3)11-15-9-7-8-10-16(15)19-17/h7-11,14H,5-6,12H2,1-4H3,(H,18,19). The van der Waals surface area contributed by atoms with E-state index in [1.807, 2.05) is 6.07 Å². The van der Waals surface area contributed by atoms with Crippen molar-refractivity contribution in [3.63, 3.8) is 0 Å². The molecular formula is C17H25N3. The molecule has 1 unspecified atom stereocenters. The average Bonchev–Trinajstić information content (AvgIpc) is 2.45. The topological polar surface area (TPSA) is 28.2 Å².